The van der Waals surface area contributed by atoms with Gasteiger partial charge in [0.1, 0.15) is 30.8 Å². The Bertz CT molecular complexity index is 2560. The van der Waals surface area contributed by atoms with Crippen LogP contribution in [0.4, 0.5) is 15.3 Å². The first-order chi connectivity index (χ1) is 42.1. The van der Waals surface area contributed by atoms with Gasteiger partial charge < -0.3 is 71.6 Å². The van der Waals surface area contributed by atoms with Crippen LogP contribution in [0.2, 0.25) is 0 Å². The van der Waals surface area contributed by atoms with E-state index in [-0.39, 0.29) is 68.4 Å². The molecule has 0 spiro atoms. The predicted molar refractivity (Wildman–Crippen MR) is 338 cm³/mol. The van der Waals surface area contributed by atoms with E-state index < -0.39 is 114 Å². The number of likely N-dealkylation sites (tertiary alicyclic amines) is 1. The molecule has 1 heterocycles. The molecule has 0 radical (unpaired) electrons. The molecule has 2 aromatic carbocycles. The highest BCUT2D eigenvalue weighted by molar-refractivity contribution is 5.98. The number of urea groups is 1. The van der Waals surface area contributed by atoms with Crippen molar-refractivity contribution in [3.63, 3.8) is 0 Å². The zero-order valence-corrected chi connectivity index (χ0v) is 55.0. The summed E-state index contributed by atoms with van der Waals surface area (Å²) >= 11 is 0. The van der Waals surface area contributed by atoms with E-state index in [1.54, 1.807) is 109 Å². The molecule has 0 bridgehead atoms. The van der Waals surface area contributed by atoms with Crippen molar-refractivity contribution in [2.75, 3.05) is 53.3 Å². The molecule has 0 aromatic heterocycles. The number of carbonyl (C=O) groups excluding carboxylic acids is 9. The summed E-state index contributed by atoms with van der Waals surface area (Å²) in [4.78, 5) is 132. The van der Waals surface area contributed by atoms with Crippen LogP contribution in [0.3, 0.4) is 0 Å². The van der Waals surface area contributed by atoms with Crippen molar-refractivity contribution < 1.29 is 67.3 Å². The number of ether oxygens (including phenoxy) is 3. The molecule has 25 heteroatoms. The standard InChI is InChI=1S/C64H105N11O14/c1-15-41(8)55(49(86-13)36-51(77)75-34-23-27-48(75)57(87-14)42(9)58(79)68-43(10)56(78)45-24-18-16-19-25-45)73(11)62(83)53(39(4)5)72-61(82)54(40(6)7)74(12)64(85)88-37-44-29-31-46(32-30-44)69-59(80)47(26-22-33-67-63(65)84)70-60(81)52(38(2)3)71-50(76)28-20-17-21-35-89-66/h16,18-19,24-25,29-32,38-43,47-49,52-57,78H,15,17,20-23,26-28,33-37,66H2,1-14H3,(H,68,79)(H,69,80)(H,70,81)(H,71,76)(H,72,82)(H3,65,67,84)/t41-,42+,43+,47-,48-,49+,52?,53-,54?,55-,56+,57+/m0/s1. The van der Waals surface area contributed by atoms with Crippen molar-refractivity contribution in [2.24, 2.45) is 41.2 Å². The van der Waals surface area contributed by atoms with Gasteiger partial charge in [0, 0.05) is 53.5 Å². The number of amides is 10. The zero-order valence-electron chi connectivity index (χ0n) is 55.0. The van der Waals surface area contributed by atoms with E-state index in [0.29, 0.717) is 68.5 Å². The molecule has 2 unspecified atom stereocenters. The summed E-state index contributed by atoms with van der Waals surface area (Å²) in [6.45, 7) is 18.9. The first-order valence-corrected chi connectivity index (χ1v) is 31.3. The highest BCUT2D eigenvalue weighted by atomic mass is 16.6. The Balaban J connectivity index is 1.70. The summed E-state index contributed by atoms with van der Waals surface area (Å²) in [7, 11) is 6.10. The number of nitrogens with zero attached hydrogens (tertiary/aromatic N) is 3. The lowest BCUT2D eigenvalue weighted by Crippen LogP contribution is -2.60. The molecule has 1 aliphatic rings. The summed E-state index contributed by atoms with van der Waals surface area (Å²) in [5.41, 5.74) is 6.80. The number of hydrogen-bond acceptors (Lipinski definition) is 15. The molecule has 10 amide bonds. The molecular weight excluding hydrogens is 1150 g/mol. The van der Waals surface area contributed by atoms with Gasteiger partial charge in [-0.05, 0) is 92.4 Å². The second-order valence-electron chi connectivity index (χ2n) is 24.5. The number of rotatable bonds is 38. The summed E-state index contributed by atoms with van der Waals surface area (Å²) in [5.74, 6) is 0.0756. The number of methoxy groups -OCH3 is 2. The van der Waals surface area contributed by atoms with Crippen molar-refractivity contribution in [1.82, 2.24) is 41.3 Å². The van der Waals surface area contributed by atoms with Gasteiger partial charge in [0.05, 0.1) is 55.4 Å². The monoisotopic (exact) mass is 1250 g/mol. The quantitative estimate of drug-likeness (QED) is 0.0314. The minimum Gasteiger partial charge on any atom is -0.445 e. The van der Waals surface area contributed by atoms with Crippen LogP contribution in [0.1, 0.15) is 151 Å². The Morgan fingerprint density at radius 3 is 1.96 bits per heavy atom. The van der Waals surface area contributed by atoms with Crippen LogP contribution in [-0.4, -0.2) is 176 Å². The zero-order chi connectivity index (χ0) is 66.7. The Labute approximate surface area is 526 Å². The molecule has 11 N–H and O–H groups in total. The fourth-order valence-corrected chi connectivity index (χ4v) is 11.3. The van der Waals surface area contributed by atoms with Gasteiger partial charge in [0.15, 0.2) is 0 Å². The first kappa shape index (κ1) is 76.3. The number of benzene rings is 2. The first-order valence-electron chi connectivity index (χ1n) is 31.3. The largest absolute Gasteiger partial charge is 0.445 e. The highest BCUT2D eigenvalue weighted by Crippen LogP contribution is 2.30. The van der Waals surface area contributed by atoms with Gasteiger partial charge in [-0.1, -0.05) is 118 Å². The molecule has 2 aromatic rings. The molecule has 1 fully saturated rings. The fourth-order valence-electron chi connectivity index (χ4n) is 11.3. The smallest absolute Gasteiger partial charge is 0.410 e. The lowest BCUT2D eigenvalue weighted by Gasteiger charge is -2.41. The summed E-state index contributed by atoms with van der Waals surface area (Å²) in [6.07, 6.45) is 1.19. The number of carbonyl (C=O) groups is 9. The lowest BCUT2D eigenvalue weighted by molar-refractivity contribution is -0.148. The molecule has 12 atom stereocenters. The molecule has 25 nitrogen and oxygen atoms in total. The molecule has 0 aliphatic carbocycles. The molecule has 1 saturated heterocycles. The topological polar surface area (TPSA) is 345 Å². The SMILES string of the molecule is CC[C@H](C)[C@@H]([C@@H](CC(=O)N1CCC[C@H]1[C@H](OC)[C@@H](C)C(=O)N[C@H](C)[C@@H](O)c1ccccc1)OC)N(C)C(=O)[C@@H](NC(=O)C(C(C)C)N(C)C(=O)OCc1ccc(NC(=O)[C@H](CCCNC(N)=O)NC(=O)C(NC(=O)CCCCCON)C(C)C)cc1)C(C)C. The van der Waals surface area contributed by atoms with Gasteiger partial charge in [-0.25, -0.2) is 15.5 Å². The van der Waals surface area contributed by atoms with Crippen LogP contribution in [0.15, 0.2) is 54.6 Å². The minimum atomic E-state index is -1.07. The van der Waals surface area contributed by atoms with E-state index in [2.05, 4.69) is 36.7 Å². The minimum absolute atomic E-state index is 0.0851. The number of hydrogen-bond donors (Lipinski definition) is 9. The lowest BCUT2D eigenvalue weighted by atomic mass is 9.89. The fraction of sp³-hybridized carbons (Fsp3) is 0.672. The maximum absolute atomic E-state index is 14.8. The number of nitrogens with two attached hydrogens (primary N) is 2. The van der Waals surface area contributed by atoms with Crippen molar-refractivity contribution in [1.29, 1.82) is 0 Å². The Morgan fingerprint density at radius 2 is 1.38 bits per heavy atom. The van der Waals surface area contributed by atoms with E-state index >= 15 is 0 Å². The number of nitrogens with one attached hydrogen (secondary N) is 6. The van der Waals surface area contributed by atoms with E-state index in [0.717, 1.165) is 0 Å². The van der Waals surface area contributed by atoms with Crippen molar-refractivity contribution >= 4 is 59.2 Å². The van der Waals surface area contributed by atoms with E-state index in [1.807, 2.05) is 32.0 Å². The normalized spacial score (nSPS) is 16.9. The van der Waals surface area contributed by atoms with Crippen LogP contribution in [0, 0.1) is 29.6 Å². The maximum Gasteiger partial charge on any atom is 0.410 e. The van der Waals surface area contributed by atoms with Crippen LogP contribution >= 0.6 is 0 Å². The Kier molecular flexibility index (Phi) is 33.1. The number of aliphatic hydroxyl groups excluding tert-OH is 1. The second-order valence-corrected chi connectivity index (χ2v) is 24.5. The number of anilines is 1. The third-order valence-electron chi connectivity index (χ3n) is 16.7. The summed E-state index contributed by atoms with van der Waals surface area (Å²) in [6, 6.07) is 8.99. The number of likely N-dealkylation sites (N-methyl/N-ethyl adjacent to an activating group) is 2. The summed E-state index contributed by atoms with van der Waals surface area (Å²) < 4.78 is 17.7. The van der Waals surface area contributed by atoms with Gasteiger partial charge >= 0.3 is 12.1 Å². The van der Waals surface area contributed by atoms with Crippen molar-refractivity contribution in [2.45, 2.75) is 201 Å². The molecular formula is C64H105N11O14. The predicted octanol–water partition coefficient (Wildman–Crippen LogP) is 5.04. The van der Waals surface area contributed by atoms with E-state index in [9.17, 15) is 48.3 Å². The van der Waals surface area contributed by atoms with Gasteiger partial charge in [-0.2, -0.15) is 0 Å². The Morgan fingerprint density at radius 1 is 0.730 bits per heavy atom. The highest BCUT2D eigenvalue weighted by Gasteiger charge is 2.44. The maximum atomic E-state index is 14.8. The van der Waals surface area contributed by atoms with Gasteiger partial charge in [0.25, 0.3) is 0 Å². The van der Waals surface area contributed by atoms with Crippen LogP contribution in [-0.2, 0) is 59.2 Å². The van der Waals surface area contributed by atoms with Crippen LogP contribution in [0.25, 0.3) is 0 Å². The van der Waals surface area contributed by atoms with Gasteiger partial charge in [-0.3, -0.25) is 38.5 Å². The molecule has 89 heavy (non-hydrogen) atoms. The number of primary amides is 1. The van der Waals surface area contributed by atoms with Crippen molar-refractivity contribution in [3.05, 3.63) is 65.7 Å². The third kappa shape index (κ3) is 23.8. The van der Waals surface area contributed by atoms with Crippen LogP contribution in [0.5, 0.6) is 0 Å². The van der Waals surface area contributed by atoms with E-state index in [4.69, 9.17) is 25.8 Å². The van der Waals surface area contributed by atoms with Gasteiger partial charge in [-0.15, -0.1) is 0 Å². The Hall–Kier alpha value is -6.93. The molecule has 500 valence electrons. The second kappa shape index (κ2) is 38.6. The van der Waals surface area contributed by atoms with Gasteiger partial charge in [0.2, 0.25) is 41.4 Å². The average Bonchev–Trinajstić information content (AvgIpc) is 4.10. The average molecular weight is 1250 g/mol. The van der Waals surface area contributed by atoms with Crippen LogP contribution < -0.4 is 43.5 Å². The third-order valence-corrected chi connectivity index (χ3v) is 16.7. The van der Waals surface area contributed by atoms with E-state index in [1.165, 1.54) is 26.2 Å². The van der Waals surface area contributed by atoms with Crippen molar-refractivity contribution in [3.8, 4) is 0 Å². The number of aliphatic hydroxyl groups is 1. The molecule has 0 saturated carbocycles. The summed E-state index contributed by atoms with van der Waals surface area (Å²) in [5, 5.41) is 27.7. The number of unbranched alkanes of at least 4 members (excludes halogenated alkanes) is 2. The molecule has 1 aliphatic heterocycles. The molecule has 3 rings (SSSR count).